The minimum atomic E-state index is -0.0786. The molecule has 3 aromatic rings. The Balaban J connectivity index is 1.77. The van der Waals surface area contributed by atoms with Crippen molar-refractivity contribution in [1.82, 2.24) is 14.5 Å². The van der Waals surface area contributed by atoms with E-state index in [2.05, 4.69) is 4.98 Å². The highest BCUT2D eigenvalue weighted by Gasteiger charge is 2.16. The number of carbonyl (C=O) groups is 1. The zero-order valence-electron chi connectivity index (χ0n) is 16.1. The summed E-state index contributed by atoms with van der Waals surface area (Å²) in [6.45, 7) is 4.38. The summed E-state index contributed by atoms with van der Waals surface area (Å²) in [5.41, 5.74) is 1.58. The van der Waals surface area contributed by atoms with Crippen LogP contribution in [-0.4, -0.2) is 33.2 Å². The molecule has 1 aromatic heterocycles. The predicted molar refractivity (Wildman–Crippen MR) is 115 cm³/mol. The maximum absolute atomic E-state index is 12.8. The lowest BCUT2D eigenvalue weighted by atomic mass is 10.2. The normalized spacial score (nSPS) is 11.2. The van der Waals surface area contributed by atoms with Gasteiger partial charge < -0.3 is 4.90 Å². The summed E-state index contributed by atoms with van der Waals surface area (Å²) >= 11 is 7.20. The summed E-state index contributed by atoms with van der Waals surface area (Å²) in [5.74, 6) is 0.180. The van der Waals surface area contributed by atoms with E-state index in [1.165, 1.54) is 11.8 Å². The molecule has 0 spiro atoms. The van der Waals surface area contributed by atoms with Gasteiger partial charge >= 0.3 is 0 Å². The molecule has 0 aliphatic rings. The fourth-order valence-electron chi connectivity index (χ4n) is 2.87. The number of carbonyl (C=O) groups excluding carboxylic acids is 1. The van der Waals surface area contributed by atoms with Crippen molar-refractivity contribution >= 4 is 40.2 Å². The van der Waals surface area contributed by atoms with Gasteiger partial charge in [-0.15, -0.1) is 0 Å². The zero-order chi connectivity index (χ0) is 20.3. The van der Waals surface area contributed by atoms with Crippen molar-refractivity contribution in [3.63, 3.8) is 0 Å². The summed E-state index contributed by atoms with van der Waals surface area (Å²) in [7, 11) is 1.76. The Morgan fingerprint density at radius 2 is 1.86 bits per heavy atom. The van der Waals surface area contributed by atoms with E-state index in [-0.39, 0.29) is 23.3 Å². The standard InChI is InChI=1S/C21H22ClN3O2S/c1-14(2)25-20(27)17-6-4-5-7-18(17)23-21(25)28-13-19(26)24(3)12-15-8-10-16(22)11-9-15/h4-11,14H,12-13H2,1-3H3. The molecule has 2 aromatic carbocycles. The third-order valence-electron chi connectivity index (χ3n) is 4.38. The van der Waals surface area contributed by atoms with Crippen LogP contribution in [-0.2, 0) is 11.3 Å². The molecule has 0 atom stereocenters. The molecule has 0 aliphatic carbocycles. The first-order chi connectivity index (χ1) is 13.4. The van der Waals surface area contributed by atoms with Crippen molar-refractivity contribution in [2.45, 2.75) is 31.6 Å². The van der Waals surface area contributed by atoms with Gasteiger partial charge in [-0.05, 0) is 43.7 Å². The van der Waals surface area contributed by atoms with Crippen molar-refractivity contribution < 1.29 is 4.79 Å². The molecule has 1 heterocycles. The number of para-hydroxylation sites is 1. The van der Waals surface area contributed by atoms with Crippen molar-refractivity contribution in [1.29, 1.82) is 0 Å². The number of rotatable bonds is 6. The number of aromatic nitrogens is 2. The van der Waals surface area contributed by atoms with Gasteiger partial charge in [0, 0.05) is 24.7 Å². The SMILES string of the molecule is CC(C)n1c(SCC(=O)N(C)Cc2ccc(Cl)cc2)nc2ccccc2c1=O. The number of fused-ring (bicyclic) bond motifs is 1. The number of hydrogen-bond acceptors (Lipinski definition) is 4. The highest BCUT2D eigenvalue weighted by atomic mass is 35.5. The molecule has 0 unspecified atom stereocenters. The van der Waals surface area contributed by atoms with E-state index in [0.29, 0.717) is 27.6 Å². The lowest BCUT2D eigenvalue weighted by molar-refractivity contribution is -0.127. The summed E-state index contributed by atoms with van der Waals surface area (Å²) in [6, 6.07) is 14.7. The van der Waals surface area contributed by atoms with Gasteiger partial charge in [-0.3, -0.25) is 14.2 Å². The van der Waals surface area contributed by atoms with E-state index in [1.54, 1.807) is 22.6 Å². The molecule has 28 heavy (non-hydrogen) atoms. The fourth-order valence-corrected chi connectivity index (χ4v) is 4.07. The second-order valence-electron chi connectivity index (χ2n) is 6.85. The number of benzene rings is 2. The highest BCUT2D eigenvalue weighted by Crippen LogP contribution is 2.21. The Morgan fingerprint density at radius 3 is 2.54 bits per heavy atom. The van der Waals surface area contributed by atoms with Gasteiger partial charge in [0.25, 0.3) is 5.56 Å². The van der Waals surface area contributed by atoms with Crippen LogP contribution in [0.2, 0.25) is 5.02 Å². The first-order valence-corrected chi connectivity index (χ1v) is 10.4. The van der Waals surface area contributed by atoms with Gasteiger partial charge in [-0.1, -0.05) is 47.6 Å². The number of amides is 1. The lowest BCUT2D eigenvalue weighted by Crippen LogP contribution is -2.29. The van der Waals surface area contributed by atoms with E-state index in [9.17, 15) is 9.59 Å². The van der Waals surface area contributed by atoms with Crippen molar-refractivity contribution in [2.75, 3.05) is 12.8 Å². The van der Waals surface area contributed by atoms with E-state index >= 15 is 0 Å². The van der Waals surface area contributed by atoms with Gasteiger partial charge in [-0.25, -0.2) is 4.98 Å². The molecular formula is C21H22ClN3O2S. The predicted octanol–water partition coefficient (Wildman–Crippen LogP) is 4.38. The fraction of sp³-hybridized carbons (Fsp3) is 0.286. The third kappa shape index (κ3) is 4.56. The molecule has 0 aliphatic heterocycles. The number of nitrogens with zero attached hydrogens (tertiary/aromatic N) is 3. The van der Waals surface area contributed by atoms with E-state index < -0.39 is 0 Å². The van der Waals surface area contributed by atoms with Crippen LogP contribution >= 0.6 is 23.4 Å². The molecule has 0 fully saturated rings. The highest BCUT2D eigenvalue weighted by molar-refractivity contribution is 7.99. The Hall–Kier alpha value is -2.31. The lowest BCUT2D eigenvalue weighted by Gasteiger charge is -2.19. The van der Waals surface area contributed by atoms with Crippen LogP contribution in [0.5, 0.6) is 0 Å². The van der Waals surface area contributed by atoms with Crippen molar-refractivity contribution in [3.8, 4) is 0 Å². The van der Waals surface area contributed by atoms with Crippen LogP contribution in [0.4, 0.5) is 0 Å². The van der Waals surface area contributed by atoms with Crippen LogP contribution in [0.1, 0.15) is 25.5 Å². The van der Waals surface area contributed by atoms with Gasteiger partial charge in [0.15, 0.2) is 5.16 Å². The molecule has 3 rings (SSSR count). The van der Waals surface area contributed by atoms with Crippen LogP contribution in [0, 0.1) is 0 Å². The van der Waals surface area contributed by atoms with Gasteiger partial charge in [-0.2, -0.15) is 0 Å². The molecule has 0 N–H and O–H groups in total. The quantitative estimate of drug-likeness (QED) is 0.442. The van der Waals surface area contributed by atoms with Crippen LogP contribution in [0.3, 0.4) is 0 Å². The van der Waals surface area contributed by atoms with E-state index in [4.69, 9.17) is 11.6 Å². The Bertz CT molecular complexity index is 1050. The maximum atomic E-state index is 12.8. The molecule has 146 valence electrons. The van der Waals surface area contributed by atoms with Crippen LogP contribution in [0.25, 0.3) is 10.9 Å². The second-order valence-corrected chi connectivity index (χ2v) is 8.22. The van der Waals surface area contributed by atoms with Crippen LogP contribution in [0.15, 0.2) is 58.5 Å². The second kappa shape index (κ2) is 8.80. The largest absolute Gasteiger partial charge is 0.341 e. The first-order valence-electron chi connectivity index (χ1n) is 8.99. The molecule has 0 saturated heterocycles. The summed E-state index contributed by atoms with van der Waals surface area (Å²) in [4.78, 5) is 31.7. The van der Waals surface area contributed by atoms with Gasteiger partial charge in [0.1, 0.15) is 0 Å². The minimum absolute atomic E-state index is 0.0299. The molecule has 1 amide bonds. The Labute approximate surface area is 173 Å². The van der Waals surface area contributed by atoms with Crippen LogP contribution < -0.4 is 5.56 Å². The van der Waals surface area contributed by atoms with E-state index in [0.717, 1.165) is 5.56 Å². The third-order valence-corrected chi connectivity index (χ3v) is 5.56. The summed E-state index contributed by atoms with van der Waals surface area (Å²) in [5, 5.41) is 1.82. The minimum Gasteiger partial charge on any atom is -0.341 e. The smallest absolute Gasteiger partial charge is 0.262 e. The molecule has 0 saturated carbocycles. The summed E-state index contributed by atoms with van der Waals surface area (Å²) < 4.78 is 1.65. The molecule has 0 radical (unpaired) electrons. The average molecular weight is 416 g/mol. The average Bonchev–Trinajstić information content (AvgIpc) is 2.67. The van der Waals surface area contributed by atoms with Crippen molar-refractivity contribution in [2.24, 2.45) is 0 Å². The maximum Gasteiger partial charge on any atom is 0.262 e. The topological polar surface area (TPSA) is 55.2 Å². The van der Waals surface area contributed by atoms with Gasteiger partial charge in [0.2, 0.25) is 5.91 Å². The van der Waals surface area contributed by atoms with Gasteiger partial charge in [0.05, 0.1) is 16.7 Å². The van der Waals surface area contributed by atoms with E-state index in [1.807, 2.05) is 56.3 Å². The first kappa shape index (κ1) is 20.4. The number of hydrogen-bond donors (Lipinski definition) is 0. The molecular weight excluding hydrogens is 394 g/mol. The monoisotopic (exact) mass is 415 g/mol. The Kier molecular flexibility index (Phi) is 6.42. The summed E-state index contributed by atoms with van der Waals surface area (Å²) in [6.07, 6.45) is 0. The molecule has 0 bridgehead atoms. The number of thioether (sulfide) groups is 1. The molecule has 5 nitrogen and oxygen atoms in total. The molecule has 7 heteroatoms. The van der Waals surface area contributed by atoms with Crippen molar-refractivity contribution in [3.05, 3.63) is 69.5 Å². The number of halogens is 1. The Morgan fingerprint density at radius 1 is 1.18 bits per heavy atom. The zero-order valence-corrected chi connectivity index (χ0v) is 17.6.